The molecule has 1 fully saturated rings. The number of anilines is 2. The molecule has 1 atom stereocenters. The monoisotopic (exact) mass is 318 g/mol. The van der Waals surface area contributed by atoms with Crippen molar-refractivity contribution in [2.75, 3.05) is 30.9 Å². The third kappa shape index (κ3) is 3.31. The molecule has 1 aromatic carbocycles. The number of nitrogens with two attached hydrogens (primary N) is 1. The highest BCUT2D eigenvalue weighted by Gasteiger charge is 2.21. The maximum atomic E-state index is 6.22. The molecule has 1 aliphatic heterocycles. The van der Waals surface area contributed by atoms with E-state index in [0.717, 1.165) is 35.1 Å². The number of hydrogen-bond donors (Lipinski definition) is 1. The van der Waals surface area contributed by atoms with Gasteiger partial charge >= 0.3 is 0 Å². The molecule has 6 heteroatoms. The van der Waals surface area contributed by atoms with E-state index in [9.17, 15) is 0 Å². The summed E-state index contributed by atoms with van der Waals surface area (Å²) in [5.74, 6) is 1.40. The molecule has 1 aromatic heterocycles. The Balaban J connectivity index is 1.82. The molecule has 0 spiro atoms. The third-order valence-corrected chi connectivity index (χ3v) is 4.22. The zero-order chi connectivity index (χ0) is 15.5. The second kappa shape index (κ2) is 6.50. The average molecular weight is 319 g/mol. The van der Waals surface area contributed by atoms with E-state index in [1.165, 1.54) is 0 Å². The fourth-order valence-corrected chi connectivity index (χ4v) is 2.80. The predicted octanol–water partition coefficient (Wildman–Crippen LogP) is 2.85. The van der Waals surface area contributed by atoms with Gasteiger partial charge in [0, 0.05) is 37.2 Å². The number of halogens is 1. The quantitative estimate of drug-likeness (QED) is 0.939. The summed E-state index contributed by atoms with van der Waals surface area (Å²) in [6, 6.07) is 9.79. The van der Waals surface area contributed by atoms with Crippen molar-refractivity contribution in [3.8, 4) is 0 Å². The molecule has 2 heterocycles. The number of hydrogen-bond acceptors (Lipinski definition) is 5. The maximum Gasteiger partial charge on any atom is 0.222 e. The summed E-state index contributed by atoms with van der Waals surface area (Å²) in [5.41, 5.74) is 7.87. The van der Waals surface area contributed by atoms with Gasteiger partial charge in [0.2, 0.25) is 5.95 Å². The fourth-order valence-electron chi connectivity index (χ4n) is 2.61. The zero-order valence-electron chi connectivity index (χ0n) is 12.5. The Bertz CT molecular complexity index is 658. The van der Waals surface area contributed by atoms with Gasteiger partial charge in [-0.3, -0.25) is 0 Å². The van der Waals surface area contributed by atoms with Crippen LogP contribution in [-0.4, -0.2) is 30.2 Å². The second-order valence-corrected chi connectivity index (χ2v) is 5.92. The van der Waals surface area contributed by atoms with Gasteiger partial charge in [0.25, 0.3) is 0 Å². The first-order valence-corrected chi connectivity index (χ1v) is 7.68. The summed E-state index contributed by atoms with van der Waals surface area (Å²) in [6.07, 6.45) is 0.976. The third-order valence-electron chi connectivity index (χ3n) is 3.85. The van der Waals surface area contributed by atoms with E-state index < -0.39 is 0 Å². The van der Waals surface area contributed by atoms with Crippen molar-refractivity contribution >= 4 is 23.4 Å². The molecule has 22 heavy (non-hydrogen) atoms. The molecular formula is C16H19ClN4O. The van der Waals surface area contributed by atoms with Gasteiger partial charge in [0.05, 0.1) is 12.3 Å². The van der Waals surface area contributed by atoms with Crippen LogP contribution in [0.25, 0.3) is 0 Å². The number of nitrogen functional groups attached to an aromatic ring is 1. The number of rotatable bonds is 4. The summed E-state index contributed by atoms with van der Waals surface area (Å²) in [6.45, 7) is 2.14. The van der Waals surface area contributed by atoms with E-state index in [2.05, 4.69) is 9.97 Å². The molecule has 2 N–H and O–H groups in total. The first-order chi connectivity index (χ1) is 10.6. The minimum Gasteiger partial charge on any atom is -0.381 e. The lowest BCUT2D eigenvalue weighted by molar-refractivity contribution is 0.193. The Kier molecular flexibility index (Phi) is 4.45. The van der Waals surface area contributed by atoms with Crippen molar-refractivity contribution in [3.63, 3.8) is 0 Å². The molecule has 1 unspecified atom stereocenters. The van der Waals surface area contributed by atoms with Crippen molar-refractivity contribution in [2.24, 2.45) is 0 Å². The first kappa shape index (κ1) is 15.1. The average Bonchev–Trinajstić information content (AvgIpc) is 3.03. The summed E-state index contributed by atoms with van der Waals surface area (Å²) in [4.78, 5) is 10.7. The highest BCUT2D eigenvalue weighted by molar-refractivity contribution is 6.31. The van der Waals surface area contributed by atoms with Crippen molar-refractivity contribution in [3.05, 3.63) is 46.6 Å². The highest BCUT2D eigenvalue weighted by Crippen LogP contribution is 2.27. The normalized spacial score (nSPS) is 17.6. The van der Waals surface area contributed by atoms with E-state index in [1.54, 1.807) is 0 Å². The number of ether oxygens (including phenoxy) is 1. The van der Waals surface area contributed by atoms with Crippen LogP contribution in [-0.2, 0) is 11.3 Å². The molecule has 0 radical (unpaired) electrons. The number of benzene rings is 1. The molecule has 116 valence electrons. The van der Waals surface area contributed by atoms with E-state index in [4.69, 9.17) is 22.1 Å². The molecule has 5 nitrogen and oxygen atoms in total. The first-order valence-electron chi connectivity index (χ1n) is 7.30. The van der Waals surface area contributed by atoms with Gasteiger partial charge in [-0.15, -0.1) is 0 Å². The van der Waals surface area contributed by atoms with E-state index in [0.29, 0.717) is 25.0 Å². The molecular weight excluding hydrogens is 300 g/mol. The van der Waals surface area contributed by atoms with Crippen molar-refractivity contribution in [1.82, 2.24) is 9.97 Å². The van der Waals surface area contributed by atoms with Gasteiger partial charge in [-0.2, -0.15) is 4.98 Å². The predicted molar refractivity (Wildman–Crippen MR) is 88.2 cm³/mol. The Hall–Kier alpha value is -1.85. The smallest absolute Gasteiger partial charge is 0.222 e. The van der Waals surface area contributed by atoms with E-state index >= 15 is 0 Å². The largest absolute Gasteiger partial charge is 0.381 e. The van der Waals surface area contributed by atoms with Gasteiger partial charge in [-0.1, -0.05) is 29.8 Å². The summed E-state index contributed by atoms with van der Waals surface area (Å²) in [5, 5.41) is 0.751. The van der Waals surface area contributed by atoms with Gasteiger partial charge < -0.3 is 15.4 Å². The molecule has 0 saturated carbocycles. The minimum atomic E-state index is 0.297. The van der Waals surface area contributed by atoms with Crippen LogP contribution in [0, 0.1) is 0 Å². The van der Waals surface area contributed by atoms with Gasteiger partial charge in [-0.25, -0.2) is 4.98 Å². The summed E-state index contributed by atoms with van der Waals surface area (Å²) >= 11 is 6.22. The van der Waals surface area contributed by atoms with Crippen molar-refractivity contribution in [2.45, 2.75) is 18.9 Å². The molecule has 1 aliphatic rings. The Morgan fingerprint density at radius 1 is 1.36 bits per heavy atom. The molecule has 2 aromatic rings. The SMILES string of the molecule is CN(Cc1ccccc1Cl)c1cc(C2CCOC2)nc(N)n1. The fraction of sp³-hybridized carbons (Fsp3) is 0.375. The lowest BCUT2D eigenvalue weighted by Gasteiger charge is -2.20. The molecule has 3 rings (SSSR count). The van der Waals surface area contributed by atoms with Crippen LogP contribution >= 0.6 is 11.6 Å². The van der Waals surface area contributed by atoms with Gasteiger partial charge in [-0.05, 0) is 18.1 Å². The van der Waals surface area contributed by atoms with E-state index in [1.807, 2.05) is 42.3 Å². The topological polar surface area (TPSA) is 64.3 Å². The van der Waals surface area contributed by atoms with Crippen molar-refractivity contribution in [1.29, 1.82) is 0 Å². The van der Waals surface area contributed by atoms with Crippen LogP contribution in [0.2, 0.25) is 5.02 Å². The van der Waals surface area contributed by atoms with Gasteiger partial charge in [0.15, 0.2) is 0 Å². The standard InChI is InChI=1S/C16H19ClN4O/c1-21(9-11-4-2-3-5-13(11)17)15-8-14(19-16(18)20-15)12-6-7-22-10-12/h2-5,8,12H,6-7,9-10H2,1H3,(H2,18,19,20). The Morgan fingerprint density at radius 2 is 2.18 bits per heavy atom. The van der Waals surface area contributed by atoms with E-state index in [-0.39, 0.29) is 0 Å². The second-order valence-electron chi connectivity index (χ2n) is 5.52. The van der Waals surface area contributed by atoms with Crippen LogP contribution in [0.15, 0.2) is 30.3 Å². The number of nitrogens with zero attached hydrogens (tertiary/aromatic N) is 3. The molecule has 0 aliphatic carbocycles. The van der Waals surface area contributed by atoms with Crippen LogP contribution in [0.4, 0.5) is 11.8 Å². The highest BCUT2D eigenvalue weighted by atomic mass is 35.5. The van der Waals surface area contributed by atoms with Gasteiger partial charge in [0.1, 0.15) is 5.82 Å². The lowest BCUT2D eigenvalue weighted by Crippen LogP contribution is -2.19. The zero-order valence-corrected chi connectivity index (χ0v) is 13.3. The van der Waals surface area contributed by atoms with Crippen molar-refractivity contribution < 1.29 is 4.74 Å². The minimum absolute atomic E-state index is 0.297. The Labute approximate surface area is 135 Å². The maximum absolute atomic E-state index is 6.22. The lowest BCUT2D eigenvalue weighted by atomic mass is 10.0. The summed E-state index contributed by atoms with van der Waals surface area (Å²) in [7, 11) is 1.97. The summed E-state index contributed by atoms with van der Waals surface area (Å²) < 4.78 is 5.43. The van der Waals surface area contributed by atoms with Crippen LogP contribution in [0.5, 0.6) is 0 Å². The Morgan fingerprint density at radius 3 is 2.91 bits per heavy atom. The van der Waals surface area contributed by atoms with Crippen LogP contribution in [0.3, 0.4) is 0 Å². The molecule has 1 saturated heterocycles. The van der Waals surface area contributed by atoms with Crippen LogP contribution < -0.4 is 10.6 Å². The van der Waals surface area contributed by atoms with Crippen LogP contribution in [0.1, 0.15) is 23.6 Å². The molecule has 0 amide bonds. The molecule has 0 bridgehead atoms. The number of aromatic nitrogens is 2.